The topological polar surface area (TPSA) is 89.5 Å². The number of carbonyl (C=O) groups excluding carboxylic acids is 2. The van der Waals surface area contributed by atoms with Gasteiger partial charge in [-0.05, 0) is 24.3 Å². The Labute approximate surface area is 171 Å². The summed E-state index contributed by atoms with van der Waals surface area (Å²) in [6.45, 7) is 0.176. The largest absolute Gasteiger partial charge is 0.497 e. The number of carbonyl (C=O) groups is 2. The van der Waals surface area contributed by atoms with Crippen LogP contribution < -0.4 is 19.5 Å². The van der Waals surface area contributed by atoms with Crippen LogP contribution in [0.2, 0.25) is 0 Å². The number of aliphatic imine (C=N–C) groups is 1. The molecule has 8 nitrogen and oxygen atoms in total. The number of hydrogen-bond acceptors (Lipinski definition) is 7. The van der Waals surface area contributed by atoms with Gasteiger partial charge >= 0.3 is 0 Å². The molecule has 1 atom stereocenters. The number of methoxy groups -OCH3 is 1. The fourth-order valence-electron chi connectivity index (χ4n) is 2.89. The van der Waals surface area contributed by atoms with Crippen molar-refractivity contribution in [2.45, 2.75) is 11.7 Å². The number of amidine groups is 1. The predicted molar refractivity (Wildman–Crippen MR) is 110 cm³/mol. The summed E-state index contributed by atoms with van der Waals surface area (Å²) in [5, 5.41) is 2.70. The van der Waals surface area contributed by atoms with Gasteiger partial charge in [0.05, 0.1) is 12.8 Å². The van der Waals surface area contributed by atoms with E-state index in [1.54, 1.807) is 56.6 Å². The Balaban J connectivity index is 1.52. The fourth-order valence-corrected chi connectivity index (χ4v) is 3.95. The van der Waals surface area contributed by atoms with Crippen molar-refractivity contribution >= 4 is 40.1 Å². The Morgan fingerprint density at radius 1 is 1.24 bits per heavy atom. The maximum atomic E-state index is 12.7. The van der Waals surface area contributed by atoms with Crippen molar-refractivity contribution in [1.82, 2.24) is 4.90 Å². The summed E-state index contributed by atoms with van der Waals surface area (Å²) in [6.07, 6.45) is 0.0944. The summed E-state index contributed by atoms with van der Waals surface area (Å²) >= 11 is 1.25. The molecule has 1 saturated heterocycles. The first-order chi connectivity index (χ1) is 14.0. The highest BCUT2D eigenvalue weighted by molar-refractivity contribution is 8.15. The summed E-state index contributed by atoms with van der Waals surface area (Å²) in [4.78, 5) is 31.2. The molecule has 1 N–H and O–H groups in total. The molecule has 0 aromatic heterocycles. The highest BCUT2D eigenvalue weighted by Crippen LogP contribution is 2.36. The molecule has 150 valence electrons. The van der Waals surface area contributed by atoms with Crippen LogP contribution in [-0.4, -0.2) is 48.1 Å². The predicted octanol–water partition coefficient (Wildman–Crippen LogP) is 3.01. The molecule has 2 amide bonds. The van der Waals surface area contributed by atoms with E-state index in [2.05, 4.69) is 10.3 Å². The third-order valence-electron chi connectivity index (χ3n) is 4.48. The van der Waals surface area contributed by atoms with E-state index >= 15 is 0 Å². The van der Waals surface area contributed by atoms with Crippen molar-refractivity contribution in [3.05, 3.63) is 42.5 Å². The van der Waals surface area contributed by atoms with Gasteiger partial charge in [0.25, 0.3) is 0 Å². The first-order valence-corrected chi connectivity index (χ1v) is 9.78. The zero-order valence-electron chi connectivity index (χ0n) is 15.9. The lowest BCUT2D eigenvalue weighted by atomic mass is 10.2. The Morgan fingerprint density at radius 2 is 2.07 bits per heavy atom. The lowest BCUT2D eigenvalue weighted by Gasteiger charge is -2.28. The number of amides is 2. The molecule has 2 aromatic carbocycles. The first-order valence-electron chi connectivity index (χ1n) is 8.90. The Kier molecular flexibility index (Phi) is 5.30. The van der Waals surface area contributed by atoms with Gasteiger partial charge in [-0.2, -0.15) is 0 Å². The van der Waals surface area contributed by atoms with Crippen LogP contribution >= 0.6 is 11.8 Å². The van der Waals surface area contributed by atoms with E-state index < -0.39 is 5.25 Å². The van der Waals surface area contributed by atoms with Crippen molar-refractivity contribution in [1.29, 1.82) is 0 Å². The van der Waals surface area contributed by atoms with Crippen molar-refractivity contribution < 1.29 is 23.8 Å². The fraction of sp³-hybridized carbons (Fsp3) is 0.250. The third-order valence-corrected chi connectivity index (χ3v) is 5.72. The molecule has 0 aliphatic carbocycles. The smallest absolute Gasteiger partial charge is 0.238 e. The monoisotopic (exact) mass is 413 g/mol. The molecule has 0 spiro atoms. The van der Waals surface area contributed by atoms with E-state index in [9.17, 15) is 9.59 Å². The molecule has 1 fully saturated rings. The standard InChI is InChI=1S/C20H19N3O5S/c1-23-18(24)10-17(19(25)21-12-4-3-5-14(8-12)26-2)29-20(23)22-13-6-7-15-16(9-13)28-11-27-15/h3-9,17H,10-11H2,1-2H3,(H,21,25). The molecule has 2 aromatic rings. The van der Waals surface area contributed by atoms with Gasteiger partial charge in [0.2, 0.25) is 18.6 Å². The van der Waals surface area contributed by atoms with Crippen molar-refractivity contribution in [3.8, 4) is 17.2 Å². The molecule has 29 heavy (non-hydrogen) atoms. The zero-order valence-corrected chi connectivity index (χ0v) is 16.7. The number of hydrogen-bond donors (Lipinski definition) is 1. The van der Waals surface area contributed by atoms with Gasteiger partial charge < -0.3 is 19.5 Å². The summed E-state index contributed by atoms with van der Waals surface area (Å²) in [5.74, 6) is 1.47. The number of ether oxygens (including phenoxy) is 3. The lowest BCUT2D eigenvalue weighted by molar-refractivity contribution is -0.128. The zero-order chi connectivity index (χ0) is 20.4. The molecule has 2 aliphatic heterocycles. The summed E-state index contributed by atoms with van der Waals surface area (Å²) in [6, 6.07) is 12.4. The Hall–Kier alpha value is -3.20. The molecule has 2 aliphatic rings. The first kappa shape index (κ1) is 19.1. The molecule has 0 radical (unpaired) electrons. The molecule has 0 bridgehead atoms. The third kappa shape index (κ3) is 4.14. The maximum absolute atomic E-state index is 12.7. The molecule has 2 heterocycles. The van der Waals surface area contributed by atoms with Gasteiger partial charge in [-0.3, -0.25) is 14.5 Å². The number of rotatable bonds is 4. The Bertz CT molecular complexity index is 994. The molecule has 1 unspecified atom stereocenters. The maximum Gasteiger partial charge on any atom is 0.238 e. The highest BCUT2D eigenvalue weighted by Gasteiger charge is 2.34. The summed E-state index contributed by atoms with van der Waals surface area (Å²) in [7, 11) is 3.21. The number of fused-ring (bicyclic) bond motifs is 1. The average molecular weight is 413 g/mol. The Morgan fingerprint density at radius 3 is 2.90 bits per heavy atom. The van der Waals surface area contributed by atoms with Crippen LogP contribution in [0.25, 0.3) is 0 Å². The van der Waals surface area contributed by atoms with Crippen LogP contribution in [0.4, 0.5) is 11.4 Å². The molecular weight excluding hydrogens is 394 g/mol. The van der Waals surface area contributed by atoms with Gasteiger partial charge in [0.1, 0.15) is 11.0 Å². The normalized spacial score (nSPS) is 19.4. The van der Waals surface area contributed by atoms with Crippen molar-refractivity contribution in [2.24, 2.45) is 4.99 Å². The lowest BCUT2D eigenvalue weighted by Crippen LogP contribution is -2.43. The van der Waals surface area contributed by atoms with E-state index in [1.165, 1.54) is 16.7 Å². The van der Waals surface area contributed by atoms with E-state index in [4.69, 9.17) is 14.2 Å². The van der Waals surface area contributed by atoms with E-state index in [0.29, 0.717) is 33.8 Å². The van der Waals surface area contributed by atoms with E-state index in [1.807, 2.05) is 0 Å². The second-order valence-electron chi connectivity index (χ2n) is 6.42. The van der Waals surface area contributed by atoms with E-state index in [-0.39, 0.29) is 25.0 Å². The SMILES string of the molecule is COc1cccc(NC(=O)C2CC(=O)N(C)C(=Nc3ccc4c(c3)OCO4)S2)c1. The van der Waals surface area contributed by atoms with Gasteiger partial charge in [0.15, 0.2) is 16.7 Å². The number of nitrogens with zero attached hydrogens (tertiary/aromatic N) is 2. The van der Waals surface area contributed by atoms with Crippen LogP contribution in [0.1, 0.15) is 6.42 Å². The van der Waals surface area contributed by atoms with Gasteiger partial charge in [-0.15, -0.1) is 0 Å². The van der Waals surface area contributed by atoms with Crippen LogP contribution in [0, 0.1) is 0 Å². The number of nitrogens with one attached hydrogen (secondary N) is 1. The van der Waals surface area contributed by atoms with Crippen molar-refractivity contribution in [2.75, 3.05) is 26.3 Å². The van der Waals surface area contributed by atoms with Crippen molar-refractivity contribution in [3.63, 3.8) is 0 Å². The molecular formula is C20H19N3O5S. The highest BCUT2D eigenvalue weighted by atomic mass is 32.2. The van der Waals surface area contributed by atoms with Crippen LogP contribution in [0.5, 0.6) is 17.2 Å². The minimum absolute atomic E-state index is 0.0944. The number of thioether (sulfide) groups is 1. The summed E-state index contributed by atoms with van der Waals surface area (Å²) in [5.41, 5.74) is 1.22. The quantitative estimate of drug-likeness (QED) is 0.829. The van der Waals surface area contributed by atoms with Gasteiger partial charge in [-0.1, -0.05) is 17.8 Å². The van der Waals surface area contributed by atoms with Gasteiger partial charge in [-0.25, -0.2) is 4.99 Å². The molecule has 4 rings (SSSR count). The minimum Gasteiger partial charge on any atom is -0.497 e. The summed E-state index contributed by atoms with van der Waals surface area (Å²) < 4.78 is 15.8. The second kappa shape index (κ2) is 8.04. The van der Waals surface area contributed by atoms with Crippen LogP contribution in [0.3, 0.4) is 0 Å². The average Bonchev–Trinajstić information content (AvgIpc) is 3.19. The molecule has 9 heteroatoms. The second-order valence-corrected chi connectivity index (χ2v) is 7.59. The number of benzene rings is 2. The van der Waals surface area contributed by atoms with Crippen LogP contribution in [0.15, 0.2) is 47.5 Å². The molecule has 0 saturated carbocycles. The van der Waals surface area contributed by atoms with Gasteiger partial charge in [0, 0.05) is 31.3 Å². The minimum atomic E-state index is -0.585. The van der Waals surface area contributed by atoms with E-state index in [0.717, 1.165) is 0 Å². The number of anilines is 1. The van der Waals surface area contributed by atoms with Crippen LogP contribution in [-0.2, 0) is 9.59 Å².